The zero-order chi connectivity index (χ0) is 12.0. The van der Waals surface area contributed by atoms with Crippen LogP contribution in [0.5, 0.6) is 0 Å². The average Bonchev–Trinajstić information content (AvgIpc) is 2.36. The summed E-state index contributed by atoms with van der Waals surface area (Å²) in [6, 6.07) is 11.8. The molecule has 0 atom stereocenters. The molecule has 0 radical (unpaired) electrons. The maximum atomic E-state index is 12.2. The Kier molecular flexibility index (Phi) is 2.73. The summed E-state index contributed by atoms with van der Waals surface area (Å²) in [7, 11) is 0. The van der Waals surface area contributed by atoms with Crippen LogP contribution in [0.25, 0.3) is 0 Å². The predicted octanol–water partition coefficient (Wildman–Crippen LogP) is 2.21. The molecule has 1 aliphatic carbocycles. The molecule has 0 heterocycles. The molecule has 3 rings (SSSR count). The topological polar surface area (TPSA) is 95.2 Å². The lowest BCUT2D eigenvalue weighted by molar-refractivity contribution is 0.0979. The van der Waals surface area contributed by atoms with Crippen LogP contribution in [0.2, 0.25) is 0 Å². The fourth-order valence-corrected chi connectivity index (χ4v) is 2.17. The summed E-state index contributed by atoms with van der Waals surface area (Å²) in [5.41, 5.74) is 7.75. The number of ketones is 2. The molecule has 0 fully saturated rings. The van der Waals surface area contributed by atoms with E-state index in [0.717, 1.165) is 0 Å². The monoisotopic (exact) mass is 240 g/mol. The van der Waals surface area contributed by atoms with Crippen molar-refractivity contribution in [1.82, 2.24) is 6.15 Å². The molecule has 0 spiro atoms. The first-order valence-electron chi connectivity index (χ1n) is 5.27. The van der Waals surface area contributed by atoms with Crippen LogP contribution in [-0.2, 0) is 0 Å². The van der Waals surface area contributed by atoms with Crippen molar-refractivity contribution >= 4 is 17.3 Å². The highest BCUT2D eigenvalue weighted by Gasteiger charge is 2.30. The molecule has 2 aromatic carbocycles. The molecule has 2 aromatic rings. The van der Waals surface area contributed by atoms with E-state index in [-0.39, 0.29) is 17.7 Å². The van der Waals surface area contributed by atoms with Gasteiger partial charge >= 0.3 is 0 Å². The van der Waals surface area contributed by atoms with E-state index in [9.17, 15) is 9.59 Å². The molecule has 0 saturated heterocycles. The number of hydrogen-bond donors (Lipinski definition) is 2. The molecular weight excluding hydrogens is 228 g/mol. The van der Waals surface area contributed by atoms with Crippen LogP contribution in [0.1, 0.15) is 31.8 Å². The maximum Gasteiger partial charge on any atom is 0.196 e. The molecule has 0 aliphatic heterocycles. The Bertz CT molecular complexity index is 663. The van der Waals surface area contributed by atoms with E-state index >= 15 is 0 Å². The number of benzene rings is 2. The van der Waals surface area contributed by atoms with Gasteiger partial charge in [-0.2, -0.15) is 0 Å². The van der Waals surface area contributed by atoms with E-state index in [0.29, 0.717) is 27.9 Å². The van der Waals surface area contributed by atoms with Gasteiger partial charge in [0.15, 0.2) is 11.6 Å². The third kappa shape index (κ3) is 1.43. The molecule has 5 N–H and O–H groups in total. The zero-order valence-electron chi connectivity index (χ0n) is 9.64. The van der Waals surface area contributed by atoms with Gasteiger partial charge in [0.25, 0.3) is 0 Å². The SMILES string of the molecule is N.Nc1cccc2c1C(=O)c1ccccc1C2=O. The Hall–Kier alpha value is -2.46. The van der Waals surface area contributed by atoms with Gasteiger partial charge in [-0.1, -0.05) is 36.4 Å². The van der Waals surface area contributed by atoms with Gasteiger partial charge in [-0.15, -0.1) is 0 Å². The Balaban J connectivity index is 0.00000120. The standard InChI is InChI=1S/C14H9NO2.H3N/c15-11-7-3-6-10-12(11)14(17)9-5-2-1-4-8(9)13(10)16;/h1-7H,15H2;1H3. The van der Waals surface area contributed by atoms with Crippen LogP contribution >= 0.6 is 0 Å². The minimum atomic E-state index is -0.173. The van der Waals surface area contributed by atoms with Crippen molar-refractivity contribution in [3.63, 3.8) is 0 Å². The fourth-order valence-electron chi connectivity index (χ4n) is 2.17. The average molecular weight is 240 g/mol. The summed E-state index contributed by atoms with van der Waals surface area (Å²) in [5.74, 6) is -0.309. The van der Waals surface area contributed by atoms with Gasteiger partial charge in [-0.3, -0.25) is 9.59 Å². The number of carbonyl (C=O) groups is 2. The summed E-state index contributed by atoms with van der Waals surface area (Å²) >= 11 is 0. The summed E-state index contributed by atoms with van der Waals surface area (Å²) < 4.78 is 0. The molecule has 4 nitrogen and oxygen atoms in total. The first-order chi connectivity index (χ1) is 8.20. The van der Waals surface area contributed by atoms with Gasteiger partial charge in [-0.05, 0) is 6.07 Å². The molecule has 0 unspecified atom stereocenters. The zero-order valence-corrected chi connectivity index (χ0v) is 9.64. The molecule has 18 heavy (non-hydrogen) atoms. The van der Waals surface area contributed by atoms with Gasteiger partial charge in [0, 0.05) is 22.4 Å². The summed E-state index contributed by atoms with van der Waals surface area (Å²) in [4.78, 5) is 24.4. The van der Waals surface area contributed by atoms with Crippen molar-refractivity contribution in [2.75, 3.05) is 5.73 Å². The van der Waals surface area contributed by atoms with E-state index in [1.807, 2.05) is 0 Å². The highest BCUT2D eigenvalue weighted by atomic mass is 16.1. The van der Waals surface area contributed by atoms with Gasteiger partial charge in [0.05, 0.1) is 5.56 Å². The first kappa shape index (κ1) is 12.0. The summed E-state index contributed by atoms with van der Waals surface area (Å²) in [6.07, 6.45) is 0. The lowest BCUT2D eigenvalue weighted by Crippen LogP contribution is -2.22. The summed E-state index contributed by atoms with van der Waals surface area (Å²) in [6.45, 7) is 0. The summed E-state index contributed by atoms with van der Waals surface area (Å²) in [5, 5.41) is 0. The second-order valence-corrected chi connectivity index (χ2v) is 3.97. The molecule has 0 saturated carbocycles. The minimum Gasteiger partial charge on any atom is -0.398 e. The molecular formula is C14H12N2O2. The predicted molar refractivity (Wildman–Crippen MR) is 69.2 cm³/mol. The van der Waals surface area contributed by atoms with E-state index in [2.05, 4.69) is 0 Å². The van der Waals surface area contributed by atoms with Gasteiger partial charge in [-0.25, -0.2) is 0 Å². The van der Waals surface area contributed by atoms with Crippen molar-refractivity contribution in [2.45, 2.75) is 0 Å². The van der Waals surface area contributed by atoms with Gasteiger partial charge in [0.2, 0.25) is 0 Å². The van der Waals surface area contributed by atoms with Gasteiger partial charge in [0.1, 0.15) is 0 Å². The van der Waals surface area contributed by atoms with E-state index in [1.54, 1.807) is 42.5 Å². The third-order valence-corrected chi connectivity index (χ3v) is 2.98. The smallest absolute Gasteiger partial charge is 0.196 e. The number of rotatable bonds is 0. The van der Waals surface area contributed by atoms with Crippen molar-refractivity contribution in [1.29, 1.82) is 0 Å². The minimum absolute atomic E-state index is 0. The van der Waals surface area contributed by atoms with Crippen LogP contribution in [0.3, 0.4) is 0 Å². The van der Waals surface area contributed by atoms with E-state index < -0.39 is 0 Å². The number of nitrogen functional groups attached to an aromatic ring is 1. The second-order valence-electron chi connectivity index (χ2n) is 3.97. The van der Waals surface area contributed by atoms with Crippen molar-refractivity contribution in [2.24, 2.45) is 0 Å². The maximum absolute atomic E-state index is 12.2. The normalized spacial score (nSPS) is 12.4. The first-order valence-corrected chi connectivity index (χ1v) is 5.27. The van der Waals surface area contributed by atoms with Crippen LogP contribution < -0.4 is 11.9 Å². The Labute approximate surface area is 104 Å². The van der Waals surface area contributed by atoms with Crippen LogP contribution in [0, 0.1) is 0 Å². The Morgan fingerprint density at radius 1 is 0.722 bits per heavy atom. The molecule has 0 aromatic heterocycles. The van der Waals surface area contributed by atoms with Crippen LogP contribution in [0.4, 0.5) is 5.69 Å². The quantitative estimate of drug-likeness (QED) is 0.589. The molecule has 0 bridgehead atoms. The van der Waals surface area contributed by atoms with Crippen molar-refractivity contribution in [3.8, 4) is 0 Å². The van der Waals surface area contributed by atoms with Crippen LogP contribution in [-0.4, -0.2) is 11.6 Å². The van der Waals surface area contributed by atoms with E-state index in [4.69, 9.17) is 5.73 Å². The highest BCUT2D eigenvalue weighted by molar-refractivity contribution is 6.29. The van der Waals surface area contributed by atoms with Crippen molar-refractivity contribution in [3.05, 3.63) is 64.7 Å². The second kappa shape index (κ2) is 4.09. The van der Waals surface area contributed by atoms with E-state index in [1.165, 1.54) is 0 Å². The van der Waals surface area contributed by atoms with Crippen molar-refractivity contribution < 1.29 is 9.59 Å². The number of hydrogen-bond acceptors (Lipinski definition) is 4. The Morgan fingerprint density at radius 2 is 1.28 bits per heavy atom. The third-order valence-electron chi connectivity index (χ3n) is 2.98. The fraction of sp³-hybridized carbons (Fsp3) is 0. The van der Waals surface area contributed by atoms with Crippen LogP contribution in [0.15, 0.2) is 42.5 Å². The number of nitrogens with two attached hydrogens (primary N) is 1. The number of fused-ring (bicyclic) bond motifs is 2. The molecule has 0 amide bonds. The molecule has 4 heteroatoms. The lowest BCUT2D eigenvalue weighted by atomic mass is 9.83. The number of anilines is 1. The lowest BCUT2D eigenvalue weighted by Gasteiger charge is -2.18. The molecule has 90 valence electrons. The molecule has 1 aliphatic rings. The Morgan fingerprint density at radius 3 is 1.94 bits per heavy atom. The van der Waals surface area contributed by atoms with Gasteiger partial charge < -0.3 is 11.9 Å². The number of carbonyl (C=O) groups excluding carboxylic acids is 2. The largest absolute Gasteiger partial charge is 0.398 e. The highest BCUT2D eigenvalue weighted by Crippen LogP contribution is 2.30.